The summed E-state index contributed by atoms with van der Waals surface area (Å²) in [5.41, 5.74) is 0.592. The first-order valence-corrected chi connectivity index (χ1v) is 8.84. The Hall–Kier alpha value is -1.92. The van der Waals surface area contributed by atoms with E-state index in [-0.39, 0.29) is 5.82 Å². The third kappa shape index (κ3) is 5.04. The second-order valence-corrected chi connectivity index (χ2v) is 6.83. The molecule has 0 radical (unpaired) electrons. The maximum atomic E-state index is 13.3. The second kappa shape index (κ2) is 8.26. The quantitative estimate of drug-likeness (QED) is 0.555. The first-order valence-electron chi connectivity index (χ1n) is 7.96. The Labute approximate surface area is 146 Å². The highest BCUT2D eigenvalue weighted by molar-refractivity contribution is 7.10. The minimum Gasteiger partial charge on any atom is -0.383 e. The highest BCUT2D eigenvalue weighted by Crippen LogP contribution is 2.24. The van der Waals surface area contributed by atoms with Crippen LogP contribution in [0.2, 0.25) is 0 Å². The average molecular weight is 349 g/mol. The summed E-state index contributed by atoms with van der Waals surface area (Å²) in [5, 5.41) is 18.8. The van der Waals surface area contributed by atoms with Gasteiger partial charge in [0.25, 0.3) is 0 Å². The normalized spacial score (nSPS) is 14.3. The number of nitrogens with zero attached hydrogens (tertiary/aromatic N) is 1. The van der Waals surface area contributed by atoms with Gasteiger partial charge in [-0.2, -0.15) is 0 Å². The molecule has 6 heteroatoms. The van der Waals surface area contributed by atoms with Crippen molar-refractivity contribution in [3.8, 4) is 0 Å². The lowest BCUT2D eigenvalue weighted by Gasteiger charge is -2.23. The Bertz CT molecular complexity index is 684. The van der Waals surface area contributed by atoms with Crippen molar-refractivity contribution in [3.05, 3.63) is 57.5 Å². The summed E-state index contributed by atoms with van der Waals surface area (Å²) < 4.78 is 13.3. The molecular formula is C18H24FN3OS. The topological polar surface area (TPSA) is 56.7 Å². The van der Waals surface area contributed by atoms with Crippen molar-refractivity contribution >= 4 is 17.3 Å². The van der Waals surface area contributed by atoms with Gasteiger partial charge in [-0.15, -0.1) is 11.3 Å². The van der Waals surface area contributed by atoms with E-state index in [1.165, 1.54) is 17.4 Å². The number of aryl methyl sites for hydroxylation is 1. The van der Waals surface area contributed by atoms with Gasteiger partial charge in [-0.1, -0.05) is 18.2 Å². The fourth-order valence-electron chi connectivity index (χ4n) is 2.25. The van der Waals surface area contributed by atoms with Gasteiger partial charge in [-0.3, -0.25) is 0 Å². The Morgan fingerprint density at radius 3 is 2.75 bits per heavy atom. The maximum absolute atomic E-state index is 13.3. The highest BCUT2D eigenvalue weighted by Gasteiger charge is 2.24. The van der Waals surface area contributed by atoms with Crippen LogP contribution in [0.5, 0.6) is 0 Å². The fraction of sp³-hybridized carbons (Fsp3) is 0.389. The zero-order valence-electron chi connectivity index (χ0n) is 14.3. The van der Waals surface area contributed by atoms with Crippen molar-refractivity contribution < 1.29 is 9.50 Å². The van der Waals surface area contributed by atoms with Gasteiger partial charge in [0.2, 0.25) is 0 Å². The number of aliphatic hydroxyl groups is 1. The molecule has 1 unspecified atom stereocenters. The number of halogens is 1. The number of rotatable bonds is 6. The first kappa shape index (κ1) is 18.4. The minimum atomic E-state index is -0.961. The molecule has 0 fully saturated rings. The van der Waals surface area contributed by atoms with E-state index < -0.39 is 5.60 Å². The Morgan fingerprint density at radius 2 is 2.12 bits per heavy atom. The van der Waals surface area contributed by atoms with Gasteiger partial charge in [0, 0.05) is 11.4 Å². The van der Waals surface area contributed by atoms with Crippen molar-refractivity contribution in [2.45, 2.75) is 32.9 Å². The summed E-state index contributed by atoms with van der Waals surface area (Å²) >= 11 is 1.52. The first-order chi connectivity index (χ1) is 11.4. The highest BCUT2D eigenvalue weighted by atomic mass is 32.1. The van der Waals surface area contributed by atoms with Crippen LogP contribution in [0, 0.1) is 12.7 Å². The van der Waals surface area contributed by atoms with Crippen LogP contribution in [0.25, 0.3) is 0 Å². The van der Waals surface area contributed by atoms with Crippen molar-refractivity contribution in [2.24, 2.45) is 4.99 Å². The Balaban J connectivity index is 2.01. The van der Waals surface area contributed by atoms with Crippen LogP contribution < -0.4 is 10.6 Å². The summed E-state index contributed by atoms with van der Waals surface area (Å²) in [6.45, 7) is 7.01. The Morgan fingerprint density at radius 1 is 1.33 bits per heavy atom. The summed E-state index contributed by atoms with van der Waals surface area (Å²) in [6, 6.07) is 8.83. The minimum absolute atomic E-state index is 0.209. The van der Waals surface area contributed by atoms with Crippen LogP contribution in [-0.2, 0) is 12.1 Å². The number of nitrogens with one attached hydrogen (secondary N) is 2. The molecular weight excluding hydrogens is 325 g/mol. The summed E-state index contributed by atoms with van der Waals surface area (Å²) in [6.07, 6.45) is 0. The molecule has 0 bridgehead atoms. The summed E-state index contributed by atoms with van der Waals surface area (Å²) in [4.78, 5) is 5.41. The smallest absolute Gasteiger partial charge is 0.191 e. The van der Waals surface area contributed by atoms with Crippen molar-refractivity contribution in [1.82, 2.24) is 10.6 Å². The van der Waals surface area contributed by atoms with E-state index in [0.29, 0.717) is 24.6 Å². The number of hydrogen-bond acceptors (Lipinski definition) is 3. The molecule has 3 N–H and O–H groups in total. The van der Waals surface area contributed by atoms with Gasteiger partial charge in [-0.05, 0) is 49.4 Å². The molecule has 24 heavy (non-hydrogen) atoms. The zero-order chi connectivity index (χ0) is 17.6. The van der Waals surface area contributed by atoms with Crippen LogP contribution in [-0.4, -0.2) is 24.2 Å². The maximum Gasteiger partial charge on any atom is 0.191 e. The van der Waals surface area contributed by atoms with Crippen molar-refractivity contribution in [1.29, 1.82) is 0 Å². The number of hydrogen-bond donors (Lipinski definition) is 3. The van der Waals surface area contributed by atoms with Crippen LogP contribution in [0.4, 0.5) is 4.39 Å². The van der Waals surface area contributed by atoms with Crippen molar-refractivity contribution in [3.63, 3.8) is 0 Å². The molecule has 1 heterocycles. The molecule has 0 spiro atoms. The molecule has 0 amide bonds. The molecule has 0 aliphatic heterocycles. The van der Waals surface area contributed by atoms with E-state index in [1.54, 1.807) is 26.0 Å². The van der Waals surface area contributed by atoms with Crippen LogP contribution in [0.15, 0.2) is 40.7 Å². The number of benzene rings is 1. The molecule has 0 saturated carbocycles. The molecule has 2 aromatic rings. The van der Waals surface area contributed by atoms with E-state index in [2.05, 4.69) is 15.6 Å². The van der Waals surface area contributed by atoms with Crippen LogP contribution >= 0.6 is 11.3 Å². The van der Waals surface area contributed by atoms with E-state index in [0.717, 1.165) is 17.0 Å². The number of thiophene rings is 1. The predicted molar refractivity (Wildman–Crippen MR) is 97.8 cm³/mol. The Kier molecular flexibility index (Phi) is 6.34. The number of aliphatic imine (C=N–C) groups is 1. The summed E-state index contributed by atoms with van der Waals surface area (Å²) in [5.74, 6) is 0.413. The van der Waals surface area contributed by atoms with Crippen LogP contribution in [0.1, 0.15) is 29.9 Å². The molecule has 1 atom stereocenters. The van der Waals surface area contributed by atoms with Crippen molar-refractivity contribution in [2.75, 3.05) is 13.1 Å². The lowest BCUT2D eigenvalue weighted by molar-refractivity contribution is 0.0655. The third-order valence-electron chi connectivity index (χ3n) is 3.64. The van der Waals surface area contributed by atoms with E-state index in [9.17, 15) is 9.50 Å². The lowest BCUT2D eigenvalue weighted by Crippen LogP contribution is -2.44. The number of guanidine groups is 1. The third-order valence-corrected chi connectivity index (χ3v) is 4.76. The van der Waals surface area contributed by atoms with Gasteiger partial charge < -0.3 is 15.7 Å². The predicted octanol–water partition coefficient (Wildman–Crippen LogP) is 3.16. The largest absolute Gasteiger partial charge is 0.383 e. The van der Waals surface area contributed by atoms with Crippen LogP contribution in [0.3, 0.4) is 0 Å². The molecule has 2 rings (SSSR count). The molecule has 4 nitrogen and oxygen atoms in total. The fourth-order valence-corrected chi connectivity index (χ4v) is 3.03. The van der Waals surface area contributed by atoms with Gasteiger partial charge in [0.05, 0.1) is 13.1 Å². The molecule has 1 aromatic carbocycles. The van der Waals surface area contributed by atoms with E-state index in [1.807, 2.05) is 24.4 Å². The van der Waals surface area contributed by atoms with Gasteiger partial charge in [0.15, 0.2) is 5.96 Å². The molecule has 0 saturated heterocycles. The standard InChI is InChI=1S/C18H24FN3OS/c1-4-20-17(21-11-14-7-8-15(19)13(2)10-14)22-12-18(3,23)16-6-5-9-24-16/h5-10,23H,4,11-12H2,1-3H3,(H2,20,21,22). The molecule has 130 valence electrons. The summed E-state index contributed by atoms with van der Waals surface area (Å²) in [7, 11) is 0. The van der Waals surface area contributed by atoms with E-state index in [4.69, 9.17) is 0 Å². The SMILES string of the molecule is CCNC(=NCc1ccc(F)c(C)c1)NCC(C)(O)c1cccs1. The van der Waals surface area contributed by atoms with E-state index >= 15 is 0 Å². The average Bonchev–Trinajstić information content (AvgIpc) is 3.09. The molecule has 0 aliphatic rings. The van der Waals surface area contributed by atoms with Gasteiger partial charge in [-0.25, -0.2) is 9.38 Å². The monoisotopic (exact) mass is 349 g/mol. The molecule has 1 aromatic heterocycles. The molecule has 0 aliphatic carbocycles. The lowest BCUT2D eigenvalue weighted by atomic mass is 10.1. The second-order valence-electron chi connectivity index (χ2n) is 5.88. The van der Waals surface area contributed by atoms with Gasteiger partial charge in [0.1, 0.15) is 11.4 Å². The zero-order valence-corrected chi connectivity index (χ0v) is 15.1. The van der Waals surface area contributed by atoms with Gasteiger partial charge >= 0.3 is 0 Å².